The van der Waals surface area contributed by atoms with Crippen LogP contribution in [0.2, 0.25) is 5.02 Å². The zero-order valence-electron chi connectivity index (χ0n) is 11.6. The molecule has 3 rings (SSSR count). The summed E-state index contributed by atoms with van der Waals surface area (Å²) in [5, 5.41) is 7.78. The molecule has 1 atom stereocenters. The van der Waals surface area contributed by atoms with Crippen molar-refractivity contribution < 1.29 is 0 Å². The fourth-order valence-corrected chi connectivity index (χ4v) is 4.43. The average Bonchev–Trinajstić information content (AvgIpc) is 2.94. The maximum absolute atomic E-state index is 6.07. The summed E-state index contributed by atoms with van der Waals surface area (Å²) in [5.41, 5.74) is 2.52. The Morgan fingerprint density at radius 3 is 2.81 bits per heavy atom. The van der Waals surface area contributed by atoms with Gasteiger partial charge in [-0.3, -0.25) is 0 Å². The van der Waals surface area contributed by atoms with Gasteiger partial charge in [0.15, 0.2) is 0 Å². The van der Waals surface area contributed by atoms with Gasteiger partial charge in [0.2, 0.25) is 0 Å². The summed E-state index contributed by atoms with van der Waals surface area (Å²) >= 11 is 11.5. The number of hydrogen-bond donors (Lipinski definition) is 1. The fourth-order valence-electron chi connectivity index (χ4n) is 2.57. The first-order chi connectivity index (χ1) is 10.2. The van der Waals surface area contributed by atoms with E-state index in [0.717, 1.165) is 16.0 Å². The first kappa shape index (κ1) is 15.0. The molecule has 0 saturated heterocycles. The van der Waals surface area contributed by atoms with Crippen LogP contribution in [0, 0.1) is 0 Å². The summed E-state index contributed by atoms with van der Waals surface area (Å²) in [6.07, 6.45) is 0. The van der Waals surface area contributed by atoms with Crippen molar-refractivity contribution in [2.24, 2.45) is 0 Å². The molecule has 1 nitrogen and oxygen atoms in total. The number of nitrogens with one attached hydrogen (secondary N) is 1. The Hall–Kier alpha value is -0.870. The van der Waals surface area contributed by atoms with Crippen molar-refractivity contribution in [3.63, 3.8) is 0 Å². The Kier molecular flexibility index (Phi) is 4.65. The third-order valence-corrected chi connectivity index (χ3v) is 5.40. The molecule has 0 aliphatic carbocycles. The van der Waals surface area contributed by atoms with Gasteiger partial charge in [0.1, 0.15) is 0 Å². The quantitative estimate of drug-likeness (QED) is 0.584. The minimum atomic E-state index is 0.156. The summed E-state index contributed by atoms with van der Waals surface area (Å²) in [6, 6.07) is 14.8. The second-order valence-electron chi connectivity index (χ2n) is 4.84. The predicted octanol–water partition coefficient (Wildman–Crippen LogP) is 6.02. The van der Waals surface area contributed by atoms with E-state index >= 15 is 0 Å². The molecule has 1 heterocycles. The number of rotatable bonds is 4. The Bertz CT molecular complexity index is 768. The molecule has 1 N–H and O–H groups in total. The second-order valence-corrected chi connectivity index (χ2v) is 7.05. The third kappa shape index (κ3) is 3.02. The minimum absolute atomic E-state index is 0.156. The van der Waals surface area contributed by atoms with Crippen molar-refractivity contribution in [2.45, 2.75) is 13.0 Å². The molecule has 0 aliphatic rings. The van der Waals surface area contributed by atoms with E-state index in [1.165, 1.54) is 21.2 Å². The maximum atomic E-state index is 6.07. The molecule has 0 radical (unpaired) electrons. The lowest BCUT2D eigenvalue weighted by molar-refractivity contribution is 0.633. The highest BCUT2D eigenvalue weighted by Gasteiger charge is 2.18. The van der Waals surface area contributed by atoms with Crippen LogP contribution in [-0.4, -0.2) is 6.54 Å². The molecule has 0 spiro atoms. The van der Waals surface area contributed by atoms with Gasteiger partial charge in [-0.15, -0.1) is 11.3 Å². The fraction of sp³-hybridized carbons (Fsp3) is 0.176. The average molecular weight is 381 g/mol. The molecular weight excluding hydrogens is 366 g/mol. The Balaban J connectivity index is 2.15. The van der Waals surface area contributed by atoms with Crippen LogP contribution in [0.3, 0.4) is 0 Å². The van der Waals surface area contributed by atoms with Gasteiger partial charge in [-0.05, 0) is 46.6 Å². The summed E-state index contributed by atoms with van der Waals surface area (Å²) < 4.78 is 2.37. The van der Waals surface area contributed by atoms with Gasteiger partial charge < -0.3 is 5.32 Å². The standard InChI is InChI=1S/C17H15BrClNS/c1-2-20-16(13-7-6-12(19)10-15(13)18)14-5-3-4-11-8-9-21-17(11)14/h3-10,16,20H,2H2,1H3. The second kappa shape index (κ2) is 6.49. The van der Waals surface area contributed by atoms with Crippen LogP contribution in [0.5, 0.6) is 0 Å². The summed E-state index contributed by atoms with van der Waals surface area (Å²) in [7, 11) is 0. The van der Waals surface area contributed by atoms with E-state index in [2.05, 4.69) is 63.9 Å². The largest absolute Gasteiger partial charge is 0.306 e. The maximum Gasteiger partial charge on any atom is 0.0602 e. The summed E-state index contributed by atoms with van der Waals surface area (Å²) in [5.74, 6) is 0. The lowest BCUT2D eigenvalue weighted by Gasteiger charge is -2.21. The molecule has 2 aromatic carbocycles. The van der Waals surface area contributed by atoms with E-state index in [1.807, 2.05) is 12.1 Å². The van der Waals surface area contributed by atoms with Gasteiger partial charge in [0, 0.05) is 14.2 Å². The van der Waals surface area contributed by atoms with E-state index in [0.29, 0.717) is 0 Å². The van der Waals surface area contributed by atoms with E-state index in [-0.39, 0.29) is 6.04 Å². The van der Waals surface area contributed by atoms with Crippen molar-refractivity contribution in [1.29, 1.82) is 0 Å². The zero-order chi connectivity index (χ0) is 14.8. The molecule has 0 fully saturated rings. The van der Waals surface area contributed by atoms with Crippen LogP contribution >= 0.6 is 38.9 Å². The molecule has 0 saturated carbocycles. The molecule has 21 heavy (non-hydrogen) atoms. The number of benzene rings is 2. The number of hydrogen-bond acceptors (Lipinski definition) is 2. The Morgan fingerprint density at radius 2 is 2.05 bits per heavy atom. The predicted molar refractivity (Wildman–Crippen MR) is 96.5 cm³/mol. The number of thiophene rings is 1. The van der Waals surface area contributed by atoms with Crippen molar-refractivity contribution >= 4 is 49.0 Å². The van der Waals surface area contributed by atoms with Crippen molar-refractivity contribution in [3.05, 3.63) is 68.5 Å². The Labute approximate surface area is 142 Å². The van der Waals surface area contributed by atoms with E-state index < -0.39 is 0 Å². The first-order valence-electron chi connectivity index (χ1n) is 6.85. The van der Waals surface area contributed by atoms with Gasteiger partial charge in [0.05, 0.1) is 6.04 Å². The highest BCUT2D eigenvalue weighted by molar-refractivity contribution is 9.10. The van der Waals surface area contributed by atoms with E-state index in [1.54, 1.807) is 11.3 Å². The summed E-state index contributed by atoms with van der Waals surface area (Å²) in [6.45, 7) is 3.03. The SMILES string of the molecule is CCNC(c1ccc(Cl)cc1Br)c1cccc2ccsc12. The van der Waals surface area contributed by atoms with Crippen molar-refractivity contribution in [2.75, 3.05) is 6.54 Å². The first-order valence-corrected chi connectivity index (χ1v) is 8.90. The van der Waals surface area contributed by atoms with Crippen molar-refractivity contribution in [1.82, 2.24) is 5.32 Å². The van der Waals surface area contributed by atoms with Crippen LogP contribution in [-0.2, 0) is 0 Å². The summed E-state index contributed by atoms with van der Waals surface area (Å²) in [4.78, 5) is 0. The molecule has 0 amide bonds. The highest BCUT2D eigenvalue weighted by atomic mass is 79.9. The van der Waals surface area contributed by atoms with Gasteiger partial charge in [-0.25, -0.2) is 0 Å². The molecular formula is C17H15BrClNS. The molecule has 3 aromatic rings. The van der Waals surface area contributed by atoms with Crippen LogP contribution in [0.25, 0.3) is 10.1 Å². The molecule has 1 unspecified atom stereocenters. The normalized spacial score (nSPS) is 12.7. The Morgan fingerprint density at radius 1 is 1.19 bits per heavy atom. The van der Waals surface area contributed by atoms with Crippen LogP contribution in [0.15, 0.2) is 52.3 Å². The smallest absolute Gasteiger partial charge is 0.0602 e. The molecule has 108 valence electrons. The molecule has 1 aromatic heterocycles. The minimum Gasteiger partial charge on any atom is -0.306 e. The molecule has 0 bridgehead atoms. The van der Waals surface area contributed by atoms with Crippen LogP contribution in [0.4, 0.5) is 0 Å². The van der Waals surface area contributed by atoms with Gasteiger partial charge in [-0.2, -0.15) is 0 Å². The number of fused-ring (bicyclic) bond motifs is 1. The zero-order valence-corrected chi connectivity index (χ0v) is 14.7. The topological polar surface area (TPSA) is 12.0 Å². The highest BCUT2D eigenvalue weighted by Crippen LogP contribution is 2.36. The monoisotopic (exact) mass is 379 g/mol. The van der Waals surface area contributed by atoms with Gasteiger partial charge in [0.25, 0.3) is 0 Å². The van der Waals surface area contributed by atoms with E-state index in [4.69, 9.17) is 11.6 Å². The molecule has 0 aliphatic heterocycles. The van der Waals surface area contributed by atoms with Crippen molar-refractivity contribution in [3.8, 4) is 0 Å². The van der Waals surface area contributed by atoms with E-state index in [9.17, 15) is 0 Å². The van der Waals surface area contributed by atoms with Crippen LogP contribution in [0.1, 0.15) is 24.1 Å². The lowest BCUT2D eigenvalue weighted by atomic mass is 9.97. The number of halogens is 2. The lowest BCUT2D eigenvalue weighted by Crippen LogP contribution is -2.22. The third-order valence-electron chi connectivity index (χ3n) is 3.50. The van der Waals surface area contributed by atoms with Gasteiger partial charge >= 0.3 is 0 Å². The van der Waals surface area contributed by atoms with Crippen LogP contribution < -0.4 is 5.32 Å². The molecule has 4 heteroatoms. The van der Waals surface area contributed by atoms with Gasteiger partial charge in [-0.1, -0.05) is 58.7 Å².